The van der Waals surface area contributed by atoms with E-state index in [9.17, 15) is 13.2 Å². The van der Waals surface area contributed by atoms with Crippen molar-refractivity contribution in [1.82, 2.24) is 4.98 Å². The Kier molecular flexibility index (Phi) is 4.82. The zero-order valence-electron chi connectivity index (χ0n) is 8.59. The molecule has 0 bridgehead atoms. The Bertz CT molecular complexity index is 326. The van der Waals surface area contributed by atoms with Crippen LogP contribution < -0.4 is 4.74 Å². The van der Waals surface area contributed by atoms with Gasteiger partial charge in [0.05, 0.1) is 0 Å². The van der Waals surface area contributed by atoms with Crippen LogP contribution in [0.4, 0.5) is 13.2 Å². The first-order valence-corrected chi connectivity index (χ1v) is 5.86. The lowest BCUT2D eigenvalue weighted by molar-refractivity contribution is -0.197. The summed E-state index contributed by atoms with van der Waals surface area (Å²) in [6.45, 7) is 1.68. The highest BCUT2D eigenvalue weighted by Gasteiger charge is 2.41. The van der Waals surface area contributed by atoms with Crippen LogP contribution in [0.25, 0.3) is 0 Å². The normalized spacial score (nSPS) is 13.6. The van der Waals surface area contributed by atoms with Crippen molar-refractivity contribution < 1.29 is 17.9 Å². The molecule has 1 aromatic rings. The second-order valence-electron chi connectivity index (χ2n) is 3.25. The van der Waals surface area contributed by atoms with E-state index in [1.165, 1.54) is 12.3 Å². The molecule has 1 aromatic heterocycles. The summed E-state index contributed by atoms with van der Waals surface area (Å²) < 4.78 is 43.2. The van der Waals surface area contributed by atoms with Gasteiger partial charge >= 0.3 is 6.18 Å². The molecule has 0 saturated carbocycles. The molecule has 0 amide bonds. The SMILES string of the molecule is CCC[C@@H](Oc1ccc(I)cn1)C(F)(F)F. The van der Waals surface area contributed by atoms with Crippen LogP contribution in [-0.4, -0.2) is 17.3 Å². The highest BCUT2D eigenvalue weighted by molar-refractivity contribution is 14.1. The maximum absolute atomic E-state index is 12.5. The summed E-state index contributed by atoms with van der Waals surface area (Å²) in [5, 5.41) is 0. The molecule has 90 valence electrons. The first kappa shape index (κ1) is 13.5. The highest BCUT2D eigenvalue weighted by atomic mass is 127. The standard InChI is InChI=1S/C10H11F3INO/c1-2-3-8(10(11,12)13)16-9-5-4-7(14)6-15-9/h4-6,8H,2-3H2,1H3/t8-/m1/s1. The minimum absolute atomic E-state index is 0.0104. The minimum atomic E-state index is -4.35. The number of hydrogen-bond donors (Lipinski definition) is 0. The molecule has 1 rings (SSSR count). The number of halogens is 4. The Morgan fingerprint density at radius 3 is 2.56 bits per heavy atom. The van der Waals surface area contributed by atoms with Crippen molar-refractivity contribution in [3.05, 3.63) is 21.9 Å². The zero-order chi connectivity index (χ0) is 12.2. The van der Waals surface area contributed by atoms with Crippen molar-refractivity contribution in [2.75, 3.05) is 0 Å². The van der Waals surface area contributed by atoms with Gasteiger partial charge in [0, 0.05) is 15.8 Å². The molecule has 16 heavy (non-hydrogen) atoms. The van der Waals surface area contributed by atoms with Gasteiger partial charge in [-0.2, -0.15) is 13.2 Å². The quantitative estimate of drug-likeness (QED) is 0.775. The summed E-state index contributed by atoms with van der Waals surface area (Å²) >= 11 is 2.02. The van der Waals surface area contributed by atoms with Crippen molar-refractivity contribution in [2.24, 2.45) is 0 Å². The molecule has 1 atom stereocenters. The number of hydrogen-bond acceptors (Lipinski definition) is 2. The first-order valence-electron chi connectivity index (χ1n) is 4.78. The lowest BCUT2D eigenvalue weighted by Gasteiger charge is -2.20. The van der Waals surface area contributed by atoms with Crippen LogP contribution in [0.2, 0.25) is 0 Å². The van der Waals surface area contributed by atoms with E-state index in [-0.39, 0.29) is 12.3 Å². The first-order chi connectivity index (χ1) is 7.43. The second kappa shape index (κ2) is 5.70. The van der Waals surface area contributed by atoms with E-state index >= 15 is 0 Å². The molecule has 0 radical (unpaired) electrons. The lowest BCUT2D eigenvalue weighted by Crippen LogP contribution is -2.34. The average Bonchev–Trinajstić information content (AvgIpc) is 2.19. The molecule has 0 N–H and O–H groups in total. The summed E-state index contributed by atoms with van der Waals surface area (Å²) in [5.41, 5.74) is 0. The highest BCUT2D eigenvalue weighted by Crippen LogP contribution is 2.27. The van der Waals surface area contributed by atoms with Gasteiger partial charge in [0.15, 0.2) is 6.10 Å². The fourth-order valence-electron chi connectivity index (χ4n) is 1.13. The minimum Gasteiger partial charge on any atom is -0.465 e. The number of aromatic nitrogens is 1. The van der Waals surface area contributed by atoms with Crippen LogP contribution in [0.5, 0.6) is 5.88 Å². The topological polar surface area (TPSA) is 22.1 Å². The third-order valence-electron chi connectivity index (χ3n) is 1.88. The van der Waals surface area contributed by atoms with Crippen molar-refractivity contribution in [3.63, 3.8) is 0 Å². The van der Waals surface area contributed by atoms with Crippen LogP contribution in [0.3, 0.4) is 0 Å². The monoisotopic (exact) mass is 345 g/mol. The third-order valence-corrected chi connectivity index (χ3v) is 2.52. The molecule has 1 heterocycles. The summed E-state index contributed by atoms with van der Waals surface area (Å²) in [5.74, 6) is 0.0104. The molecule has 0 fully saturated rings. The van der Waals surface area contributed by atoms with Crippen LogP contribution in [0.15, 0.2) is 18.3 Å². The molecule has 6 heteroatoms. The van der Waals surface area contributed by atoms with Crippen LogP contribution >= 0.6 is 22.6 Å². The van der Waals surface area contributed by atoms with E-state index in [4.69, 9.17) is 4.74 Å². The van der Waals surface area contributed by atoms with E-state index in [1.54, 1.807) is 13.0 Å². The van der Waals surface area contributed by atoms with Gasteiger partial charge in [0.1, 0.15) is 0 Å². The Morgan fingerprint density at radius 1 is 1.44 bits per heavy atom. The fourth-order valence-corrected chi connectivity index (χ4v) is 1.45. The zero-order valence-corrected chi connectivity index (χ0v) is 10.7. The largest absolute Gasteiger partial charge is 0.465 e. The average molecular weight is 345 g/mol. The summed E-state index contributed by atoms with van der Waals surface area (Å²) in [6.07, 6.45) is -4.30. The number of rotatable bonds is 4. The number of ether oxygens (including phenoxy) is 1. The van der Waals surface area contributed by atoms with Gasteiger partial charge in [0.2, 0.25) is 5.88 Å². The molecule has 0 aromatic carbocycles. The van der Waals surface area contributed by atoms with Gasteiger partial charge in [0.25, 0.3) is 0 Å². The predicted octanol–water partition coefficient (Wildman–Crippen LogP) is 3.80. The maximum atomic E-state index is 12.5. The van der Waals surface area contributed by atoms with Gasteiger partial charge < -0.3 is 4.74 Å². The fraction of sp³-hybridized carbons (Fsp3) is 0.500. The molecule has 0 spiro atoms. The Hall–Kier alpha value is -0.530. The third kappa shape index (κ3) is 4.15. The second-order valence-corrected chi connectivity index (χ2v) is 4.50. The number of nitrogens with zero attached hydrogens (tertiary/aromatic N) is 1. The lowest BCUT2D eigenvalue weighted by atomic mass is 10.2. The molecule has 0 saturated heterocycles. The van der Waals surface area contributed by atoms with E-state index in [0.29, 0.717) is 6.42 Å². The van der Waals surface area contributed by atoms with E-state index < -0.39 is 12.3 Å². The Morgan fingerprint density at radius 2 is 2.12 bits per heavy atom. The molecule has 0 aliphatic rings. The molecular weight excluding hydrogens is 334 g/mol. The van der Waals surface area contributed by atoms with Gasteiger partial charge in [-0.15, -0.1) is 0 Å². The molecule has 2 nitrogen and oxygen atoms in total. The number of pyridine rings is 1. The van der Waals surface area contributed by atoms with Crippen LogP contribution in [0, 0.1) is 3.57 Å². The summed E-state index contributed by atoms with van der Waals surface area (Å²) in [7, 11) is 0. The Balaban J connectivity index is 2.72. The van der Waals surface area contributed by atoms with Crippen molar-refractivity contribution in [1.29, 1.82) is 0 Å². The summed E-state index contributed by atoms with van der Waals surface area (Å²) in [6, 6.07) is 3.10. The van der Waals surface area contributed by atoms with Crippen LogP contribution in [-0.2, 0) is 0 Å². The molecular formula is C10H11F3INO. The van der Waals surface area contributed by atoms with Crippen molar-refractivity contribution in [3.8, 4) is 5.88 Å². The van der Waals surface area contributed by atoms with Crippen LogP contribution in [0.1, 0.15) is 19.8 Å². The molecule has 0 aliphatic heterocycles. The maximum Gasteiger partial charge on any atom is 0.425 e. The van der Waals surface area contributed by atoms with Crippen molar-refractivity contribution >= 4 is 22.6 Å². The van der Waals surface area contributed by atoms with Crippen molar-refractivity contribution in [2.45, 2.75) is 32.0 Å². The molecule has 0 unspecified atom stereocenters. The van der Waals surface area contributed by atoms with E-state index in [0.717, 1.165) is 3.57 Å². The Labute approximate surface area is 105 Å². The number of alkyl halides is 3. The predicted molar refractivity (Wildman–Crippen MR) is 62.3 cm³/mol. The van der Waals surface area contributed by atoms with Gasteiger partial charge in [-0.25, -0.2) is 4.98 Å². The van der Waals surface area contributed by atoms with Gasteiger partial charge in [-0.1, -0.05) is 13.3 Å². The summed E-state index contributed by atoms with van der Waals surface area (Å²) in [4.78, 5) is 3.78. The van der Waals surface area contributed by atoms with Gasteiger partial charge in [-0.05, 0) is 35.1 Å². The van der Waals surface area contributed by atoms with E-state index in [1.807, 2.05) is 22.6 Å². The smallest absolute Gasteiger partial charge is 0.425 e. The van der Waals surface area contributed by atoms with E-state index in [2.05, 4.69) is 4.98 Å². The van der Waals surface area contributed by atoms with Gasteiger partial charge in [-0.3, -0.25) is 0 Å². The molecule has 0 aliphatic carbocycles.